The van der Waals surface area contributed by atoms with Gasteiger partial charge in [0.15, 0.2) is 0 Å². The zero-order valence-corrected chi connectivity index (χ0v) is 18.9. The summed E-state index contributed by atoms with van der Waals surface area (Å²) in [6, 6.07) is 11.2. The predicted octanol–water partition coefficient (Wildman–Crippen LogP) is 1.59. The highest BCUT2D eigenvalue weighted by atomic mass is 19.1. The third kappa shape index (κ3) is 4.49. The number of benzene rings is 2. The van der Waals surface area contributed by atoms with Crippen LogP contribution in [0.15, 0.2) is 52.1 Å². The fraction of sp³-hybridized carbons (Fsp3) is 0.333. The Hall–Kier alpha value is -3.59. The maximum atomic E-state index is 14.3. The van der Waals surface area contributed by atoms with Crippen molar-refractivity contribution in [2.24, 2.45) is 0 Å². The first-order valence-electron chi connectivity index (χ1n) is 10.8. The van der Waals surface area contributed by atoms with Gasteiger partial charge in [-0.25, -0.2) is 9.18 Å². The van der Waals surface area contributed by atoms with Gasteiger partial charge in [0.1, 0.15) is 5.82 Å². The van der Waals surface area contributed by atoms with Crippen LogP contribution in [-0.2, 0) is 6.54 Å². The molecular formula is C24H26FN5O3. The van der Waals surface area contributed by atoms with Gasteiger partial charge < -0.3 is 9.80 Å². The van der Waals surface area contributed by atoms with Gasteiger partial charge in [-0.1, -0.05) is 24.3 Å². The van der Waals surface area contributed by atoms with Crippen LogP contribution in [0.1, 0.15) is 27.2 Å². The summed E-state index contributed by atoms with van der Waals surface area (Å²) in [5.41, 5.74) is 0.646. The highest BCUT2D eigenvalue weighted by molar-refractivity contribution is 5.92. The first-order chi connectivity index (χ1) is 15.8. The second-order valence-electron chi connectivity index (χ2n) is 8.39. The molecule has 1 amide bonds. The number of halogens is 1. The Bertz CT molecular complexity index is 1320. The second-order valence-corrected chi connectivity index (χ2v) is 8.39. The van der Waals surface area contributed by atoms with Crippen molar-refractivity contribution in [1.82, 2.24) is 24.1 Å². The predicted molar refractivity (Wildman–Crippen MR) is 122 cm³/mol. The van der Waals surface area contributed by atoms with Crippen molar-refractivity contribution in [1.29, 1.82) is 0 Å². The highest BCUT2D eigenvalue weighted by Crippen LogP contribution is 2.13. The quantitative estimate of drug-likeness (QED) is 0.602. The molecule has 1 fully saturated rings. The Morgan fingerprint density at radius 2 is 1.70 bits per heavy atom. The van der Waals surface area contributed by atoms with Crippen molar-refractivity contribution in [3.8, 4) is 5.69 Å². The van der Waals surface area contributed by atoms with Crippen molar-refractivity contribution in [2.75, 3.05) is 33.2 Å². The van der Waals surface area contributed by atoms with E-state index in [0.717, 1.165) is 20.4 Å². The van der Waals surface area contributed by atoms with Crippen LogP contribution in [0.4, 0.5) is 4.39 Å². The van der Waals surface area contributed by atoms with Gasteiger partial charge in [-0.2, -0.15) is 9.78 Å². The van der Waals surface area contributed by atoms with Gasteiger partial charge in [0.05, 0.1) is 12.2 Å². The Labute approximate surface area is 190 Å². The highest BCUT2D eigenvalue weighted by Gasteiger charge is 2.27. The summed E-state index contributed by atoms with van der Waals surface area (Å²) in [6.45, 7) is 5.78. The summed E-state index contributed by atoms with van der Waals surface area (Å²) in [5, 5.41) is 4.20. The van der Waals surface area contributed by atoms with Crippen LogP contribution in [0, 0.1) is 19.7 Å². The number of hydrogen-bond acceptors (Lipinski definition) is 5. The molecule has 0 aliphatic carbocycles. The minimum absolute atomic E-state index is 0.174. The summed E-state index contributed by atoms with van der Waals surface area (Å²) >= 11 is 0. The van der Waals surface area contributed by atoms with E-state index in [9.17, 15) is 18.8 Å². The lowest BCUT2D eigenvalue weighted by molar-refractivity contribution is 0.0652. The number of carbonyl (C=O) groups is 1. The lowest BCUT2D eigenvalue weighted by Crippen LogP contribution is -2.51. The van der Waals surface area contributed by atoms with Crippen molar-refractivity contribution < 1.29 is 9.18 Å². The first-order valence-corrected chi connectivity index (χ1v) is 10.8. The molecule has 0 saturated carbocycles. The summed E-state index contributed by atoms with van der Waals surface area (Å²) in [6.07, 6.45) is 0. The molecule has 0 spiro atoms. The lowest BCUT2D eigenvalue weighted by atomic mass is 10.1. The Morgan fingerprint density at radius 3 is 2.36 bits per heavy atom. The molecule has 4 rings (SSSR count). The Morgan fingerprint density at radius 1 is 1.00 bits per heavy atom. The molecule has 9 heteroatoms. The van der Waals surface area contributed by atoms with E-state index in [1.807, 2.05) is 27.0 Å². The molecular weight excluding hydrogens is 425 g/mol. The van der Waals surface area contributed by atoms with E-state index >= 15 is 0 Å². The van der Waals surface area contributed by atoms with Crippen molar-refractivity contribution in [3.05, 3.63) is 91.5 Å². The SMILES string of the molecule is Cc1ccc(-n2nc(C(=O)N3CCN(C)CC3)c(=O)n(Cc3ccccc3F)c2=O)cc1C. The molecule has 2 heterocycles. The van der Waals surface area contributed by atoms with Gasteiger partial charge in [-0.3, -0.25) is 14.2 Å². The van der Waals surface area contributed by atoms with Gasteiger partial charge in [-0.05, 0) is 50.2 Å². The molecule has 1 aliphatic rings. The number of aryl methyl sites for hydroxylation is 2. The molecule has 172 valence electrons. The number of likely N-dealkylation sites (N-methyl/N-ethyl adjacent to an activating group) is 1. The molecule has 0 N–H and O–H groups in total. The van der Waals surface area contributed by atoms with E-state index in [4.69, 9.17) is 0 Å². The largest absolute Gasteiger partial charge is 0.352 e. The molecule has 2 aromatic carbocycles. The first kappa shape index (κ1) is 22.6. The van der Waals surface area contributed by atoms with E-state index in [0.29, 0.717) is 31.9 Å². The van der Waals surface area contributed by atoms with Crippen LogP contribution < -0.4 is 11.2 Å². The smallest absolute Gasteiger partial charge is 0.335 e. The zero-order chi connectivity index (χ0) is 23.7. The monoisotopic (exact) mass is 451 g/mol. The molecule has 0 radical (unpaired) electrons. The van der Waals surface area contributed by atoms with Crippen LogP contribution in [0.5, 0.6) is 0 Å². The molecule has 0 atom stereocenters. The summed E-state index contributed by atoms with van der Waals surface area (Å²) in [4.78, 5) is 43.5. The van der Waals surface area contributed by atoms with Crippen LogP contribution in [0.3, 0.4) is 0 Å². The summed E-state index contributed by atoms with van der Waals surface area (Å²) in [5.74, 6) is -1.07. The van der Waals surface area contributed by atoms with E-state index in [1.165, 1.54) is 18.2 Å². The number of amides is 1. The standard InChI is InChI=1S/C24H26FN5O3/c1-16-8-9-19(14-17(16)2)30-24(33)29(15-18-6-4-5-7-20(18)25)23(32)21(26-30)22(31)28-12-10-27(3)11-13-28/h4-9,14H,10-13,15H2,1-3H3. The maximum Gasteiger partial charge on any atom is 0.352 e. The van der Waals surface area contributed by atoms with Gasteiger partial charge in [0.25, 0.3) is 11.5 Å². The fourth-order valence-corrected chi connectivity index (χ4v) is 3.77. The molecule has 3 aromatic rings. The van der Waals surface area contributed by atoms with Gasteiger partial charge in [-0.15, -0.1) is 0 Å². The topological polar surface area (TPSA) is 80.4 Å². The molecule has 1 aromatic heterocycles. The van der Waals surface area contributed by atoms with Crippen molar-refractivity contribution in [2.45, 2.75) is 20.4 Å². The van der Waals surface area contributed by atoms with E-state index in [2.05, 4.69) is 10.00 Å². The molecule has 33 heavy (non-hydrogen) atoms. The van der Waals surface area contributed by atoms with Gasteiger partial charge in [0, 0.05) is 31.7 Å². The fourth-order valence-electron chi connectivity index (χ4n) is 3.77. The van der Waals surface area contributed by atoms with Crippen molar-refractivity contribution >= 4 is 5.91 Å². The normalized spacial score (nSPS) is 14.5. The minimum Gasteiger partial charge on any atom is -0.335 e. The van der Waals surface area contributed by atoms with E-state index in [1.54, 1.807) is 23.1 Å². The number of aromatic nitrogens is 3. The van der Waals surface area contributed by atoms with E-state index in [-0.39, 0.29) is 17.8 Å². The lowest BCUT2D eigenvalue weighted by Gasteiger charge is -2.32. The molecule has 1 aliphatic heterocycles. The zero-order valence-electron chi connectivity index (χ0n) is 18.9. The average Bonchev–Trinajstić information content (AvgIpc) is 2.80. The number of nitrogens with zero attached hydrogens (tertiary/aromatic N) is 5. The summed E-state index contributed by atoms with van der Waals surface area (Å²) in [7, 11) is 1.96. The third-order valence-electron chi connectivity index (χ3n) is 6.07. The average molecular weight is 452 g/mol. The van der Waals surface area contributed by atoms with Crippen LogP contribution in [-0.4, -0.2) is 63.3 Å². The van der Waals surface area contributed by atoms with Crippen LogP contribution in [0.2, 0.25) is 0 Å². The number of hydrogen-bond donors (Lipinski definition) is 0. The van der Waals surface area contributed by atoms with Gasteiger partial charge >= 0.3 is 5.69 Å². The number of piperazine rings is 1. The second kappa shape index (κ2) is 9.11. The Kier molecular flexibility index (Phi) is 6.24. The summed E-state index contributed by atoms with van der Waals surface area (Å²) < 4.78 is 16.3. The van der Waals surface area contributed by atoms with Crippen molar-refractivity contribution in [3.63, 3.8) is 0 Å². The molecule has 0 unspecified atom stereocenters. The van der Waals surface area contributed by atoms with E-state index < -0.39 is 23.0 Å². The maximum absolute atomic E-state index is 14.3. The Balaban J connectivity index is 1.88. The van der Waals surface area contributed by atoms with Crippen LogP contribution in [0.25, 0.3) is 5.69 Å². The number of carbonyl (C=O) groups excluding carboxylic acids is 1. The minimum atomic E-state index is -0.827. The molecule has 1 saturated heterocycles. The molecule has 8 nitrogen and oxygen atoms in total. The third-order valence-corrected chi connectivity index (χ3v) is 6.07. The van der Waals surface area contributed by atoms with Crippen LogP contribution >= 0.6 is 0 Å². The number of rotatable bonds is 4. The van der Waals surface area contributed by atoms with Gasteiger partial charge in [0.2, 0.25) is 5.69 Å². The molecule has 0 bridgehead atoms.